The van der Waals surface area contributed by atoms with E-state index >= 15 is 0 Å². The molecule has 0 radical (unpaired) electrons. The fourth-order valence-corrected chi connectivity index (χ4v) is 4.16. The van der Waals surface area contributed by atoms with Gasteiger partial charge in [0.2, 0.25) is 0 Å². The zero-order valence-corrected chi connectivity index (χ0v) is 20.0. The minimum absolute atomic E-state index is 0.0128. The van der Waals surface area contributed by atoms with Crippen LogP contribution in [0, 0.1) is 34.6 Å². The van der Waals surface area contributed by atoms with Crippen LogP contribution < -0.4 is 0 Å². The summed E-state index contributed by atoms with van der Waals surface area (Å²) in [5.74, 6) is 0. The molecule has 2 aromatic rings. The van der Waals surface area contributed by atoms with Crippen LogP contribution in [0.3, 0.4) is 0 Å². The summed E-state index contributed by atoms with van der Waals surface area (Å²) in [5.41, 5.74) is 12.4. The molecule has 27 heavy (non-hydrogen) atoms. The van der Waals surface area contributed by atoms with Gasteiger partial charge in [-0.3, -0.25) is 4.68 Å². The quantitative estimate of drug-likeness (QED) is 0.545. The van der Waals surface area contributed by atoms with Crippen LogP contribution in [-0.4, -0.2) is 9.78 Å². The van der Waals surface area contributed by atoms with E-state index in [1.807, 2.05) is 0 Å². The zero-order chi connectivity index (χ0) is 21.1. The van der Waals surface area contributed by atoms with Gasteiger partial charge in [-0.05, 0) is 81.8 Å². The lowest BCUT2D eigenvalue weighted by atomic mass is 9.77. The van der Waals surface area contributed by atoms with Crippen LogP contribution in [0.4, 0.5) is 0 Å². The first-order chi connectivity index (χ1) is 12.1. The molecular weight excluding hydrogens is 328 g/mol. The molecule has 1 aromatic heterocycles. The van der Waals surface area contributed by atoms with E-state index in [4.69, 9.17) is 5.10 Å². The smallest absolute Gasteiger partial charge is 0.0759 e. The highest BCUT2D eigenvalue weighted by atomic mass is 15.3. The highest BCUT2D eigenvalue weighted by molar-refractivity contribution is 5.79. The summed E-state index contributed by atoms with van der Waals surface area (Å²) in [6.07, 6.45) is 0. The van der Waals surface area contributed by atoms with Crippen molar-refractivity contribution in [2.45, 2.75) is 107 Å². The lowest BCUT2D eigenvalue weighted by Gasteiger charge is -2.28. The molecule has 1 aromatic carbocycles. The van der Waals surface area contributed by atoms with Crippen LogP contribution in [0.15, 0.2) is 0 Å². The molecule has 1 heterocycles. The monoisotopic (exact) mass is 368 g/mol. The third-order valence-corrected chi connectivity index (χ3v) is 6.07. The molecule has 0 saturated carbocycles. The molecule has 0 amide bonds. The van der Waals surface area contributed by atoms with E-state index in [-0.39, 0.29) is 10.8 Å². The van der Waals surface area contributed by atoms with Crippen molar-refractivity contribution in [1.82, 2.24) is 9.78 Å². The molecule has 2 nitrogen and oxygen atoms in total. The summed E-state index contributed by atoms with van der Waals surface area (Å²) in [6, 6.07) is 0.335. The van der Waals surface area contributed by atoms with Crippen molar-refractivity contribution in [3.63, 3.8) is 0 Å². The summed E-state index contributed by atoms with van der Waals surface area (Å²) in [6.45, 7) is 29.6. The number of hydrogen-bond acceptors (Lipinski definition) is 1. The normalized spacial score (nSPS) is 13.0. The molecule has 0 fully saturated rings. The first-order valence-corrected chi connectivity index (χ1v) is 10.3. The van der Waals surface area contributed by atoms with Crippen LogP contribution in [0.2, 0.25) is 0 Å². The van der Waals surface area contributed by atoms with Gasteiger partial charge in [-0.15, -0.1) is 0 Å². The second-order valence-electron chi connectivity index (χ2n) is 10.6. The second kappa shape index (κ2) is 6.79. The number of aromatic nitrogens is 2. The van der Waals surface area contributed by atoms with Crippen LogP contribution >= 0.6 is 0 Å². The Bertz CT molecular complexity index is 836. The van der Waals surface area contributed by atoms with E-state index < -0.39 is 0 Å². The number of benzene rings is 1. The van der Waals surface area contributed by atoms with E-state index in [9.17, 15) is 0 Å². The predicted molar refractivity (Wildman–Crippen MR) is 119 cm³/mol. The molecule has 0 unspecified atom stereocenters. The van der Waals surface area contributed by atoms with Gasteiger partial charge in [0.25, 0.3) is 0 Å². The molecular formula is C25H40N2. The van der Waals surface area contributed by atoms with Crippen LogP contribution in [0.25, 0.3) is 11.1 Å². The van der Waals surface area contributed by atoms with Gasteiger partial charge in [0.15, 0.2) is 0 Å². The fourth-order valence-electron chi connectivity index (χ4n) is 4.16. The summed E-state index contributed by atoms with van der Waals surface area (Å²) < 4.78 is 2.28. The van der Waals surface area contributed by atoms with Crippen molar-refractivity contribution in [2.24, 2.45) is 0 Å². The van der Waals surface area contributed by atoms with Crippen LogP contribution in [0.1, 0.15) is 101 Å². The van der Waals surface area contributed by atoms with Gasteiger partial charge < -0.3 is 0 Å². The van der Waals surface area contributed by atoms with Gasteiger partial charge in [-0.25, -0.2) is 0 Å². The lowest BCUT2D eigenvalue weighted by Crippen LogP contribution is -2.21. The molecule has 0 aliphatic heterocycles. The van der Waals surface area contributed by atoms with Crippen molar-refractivity contribution in [3.05, 3.63) is 39.2 Å². The summed E-state index contributed by atoms with van der Waals surface area (Å²) in [5, 5.41) is 5.20. The maximum atomic E-state index is 5.20. The molecule has 150 valence electrons. The van der Waals surface area contributed by atoms with Gasteiger partial charge in [-0.1, -0.05) is 41.5 Å². The highest BCUT2D eigenvalue weighted by Crippen LogP contribution is 2.45. The van der Waals surface area contributed by atoms with Crippen LogP contribution in [0.5, 0.6) is 0 Å². The number of nitrogens with zero attached hydrogens (tertiary/aromatic N) is 2. The second-order valence-corrected chi connectivity index (χ2v) is 10.6. The Morgan fingerprint density at radius 3 is 1.37 bits per heavy atom. The van der Waals surface area contributed by atoms with E-state index in [2.05, 4.69) is 94.7 Å². The van der Waals surface area contributed by atoms with E-state index in [0.29, 0.717) is 6.04 Å². The average molecular weight is 369 g/mol. The Labute approximate surface area is 167 Å². The predicted octanol–water partition coefficient (Wildman–Crippen LogP) is 7.27. The molecule has 0 saturated heterocycles. The van der Waals surface area contributed by atoms with Crippen LogP contribution in [-0.2, 0) is 10.8 Å². The molecule has 0 N–H and O–H groups in total. The summed E-state index contributed by atoms with van der Waals surface area (Å²) >= 11 is 0. The zero-order valence-electron chi connectivity index (χ0n) is 20.0. The van der Waals surface area contributed by atoms with E-state index in [0.717, 1.165) is 0 Å². The molecule has 0 aliphatic carbocycles. The molecule has 0 bridgehead atoms. The fraction of sp³-hybridized carbons (Fsp3) is 0.640. The van der Waals surface area contributed by atoms with Crippen molar-refractivity contribution < 1.29 is 0 Å². The third kappa shape index (κ3) is 3.60. The van der Waals surface area contributed by atoms with Crippen molar-refractivity contribution in [3.8, 4) is 11.1 Å². The van der Waals surface area contributed by atoms with Crippen molar-refractivity contribution >= 4 is 0 Å². The largest absolute Gasteiger partial charge is 0.266 e. The highest BCUT2D eigenvalue weighted by Gasteiger charge is 2.35. The Morgan fingerprint density at radius 1 is 0.630 bits per heavy atom. The number of rotatable bonds is 2. The minimum atomic E-state index is -0.0128. The molecule has 0 spiro atoms. The van der Waals surface area contributed by atoms with Gasteiger partial charge in [0, 0.05) is 22.4 Å². The summed E-state index contributed by atoms with van der Waals surface area (Å²) in [4.78, 5) is 0. The molecule has 0 atom stereocenters. The molecule has 0 aliphatic rings. The van der Waals surface area contributed by atoms with E-state index in [1.54, 1.807) is 0 Å². The Hall–Kier alpha value is -1.57. The SMILES string of the molecule is Cc1c(C)c(C)c(-c2c(C(C)(C)C)nn(C(C)C)c2C(C)(C)C)c(C)c1C. The maximum Gasteiger partial charge on any atom is 0.0759 e. The van der Waals surface area contributed by atoms with E-state index in [1.165, 1.54) is 50.3 Å². The molecule has 2 heteroatoms. The first kappa shape index (κ1) is 21.7. The third-order valence-electron chi connectivity index (χ3n) is 6.07. The number of hydrogen-bond donors (Lipinski definition) is 0. The van der Waals surface area contributed by atoms with Gasteiger partial charge in [-0.2, -0.15) is 5.10 Å². The average Bonchev–Trinajstić information content (AvgIpc) is 2.92. The molecule has 2 rings (SSSR count). The Balaban J connectivity index is 3.14. The topological polar surface area (TPSA) is 17.8 Å². The maximum absolute atomic E-state index is 5.20. The van der Waals surface area contributed by atoms with Gasteiger partial charge in [0.1, 0.15) is 0 Å². The first-order valence-electron chi connectivity index (χ1n) is 10.3. The van der Waals surface area contributed by atoms with Crippen molar-refractivity contribution in [2.75, 3.05) is 0 Å². The van der Waals surface area contributed by atoms with Crippen molar-refractivity contribution in [1.29, 1.82) is 0 Å². The van der Waals surface area contributed by atoms with Gasteiger partial charge >= 0.3 is 0 Å². The minimum Gasteiger partial charge on any atom is -0.266 e. The Kier molecular flexibility index (Phi) is 5.47. The summed E-state index contributed by atoms with van der Waals surface area (Å²) in [7, 11) is 0. The standard InChI is InChI=1S/C25H40N2/c1-14(2)27-23(25(11,12)13)21(22(26-27)24(8,9)10)20-18(6)16(4)15(3)17(5)19(20)7/h14H,1-13H3. The van der Waals surface area contributed by atoms with Gasteiger partial charge in [0.05, 0.1) is 11.4 Å². The lowest BCUT2D eigenvalue weighted by molar-refractivity contribution is 0.438. The Morgan fingerprint density at radius 2 is 1.04 bits per heavy atom.